The minimum atomic E-state index is -0.328. The van der Waals surface area contributed by atoms with Crippen molar-refractivity contribution in [3.8, 4) is 10.6 Å². The average Bonchev–Trinajstić information content (AvgIpc) is 3.00. The molecule has 7 heteroatoms. The number of aromatic nitrogens is 2. The van der Waals surface area contributed by atoms with Crippen LogP contribution in [0.25, 0.3) is 10.6 Å². The summed E-state index contributed by atoms with van der Waals surface area (Å²) in [6.45, 7) is 8.31. The third-order valence-electron chi connectivity index (χ3n) is 4.35. The zero-order valence-corrected chi connectivity index (χ0v) is 17.1. The molecule has 1 heterocycles. The van der Waals surface area contributed by atoms with Crippen molar-refractivity contribution >= 4 is 45.6 Å². The number of nitrogens with zero attached hydrogens (tertiary/aromatic N) is 2. The van der Waals surface area contributed by atoms with Gasteiger partial charge >= 0.3 is 0 Å². The van der Waals surface area contributed by atoms with E-state index in [2.05, 4.69) is 49.3 Å². The molecule has 3 rings (SSSR count). The molecule has 2 aromatic carbocycles. The van der Waals surface area contributed by atoms with Crippen molar-refractivity contribution in [3.05, 3.63) is 62.1 Å². The lowest BCUT2D eigenvalue weighted by Gasteiger charge is -2.12. The summed E-state index contributed by atoms with van der Waals surface area (Å²) >= 11 is 13.3. The van der Waals surface area contributed by atoms with Gasteiger partial charge in [0.25, 0.3) is 5.91 Å². The van der Waals surface area contributed by atoms with Crippen molar-refractivity contribution in [2.45, 2.75) is 27.7 Å². The second-order valence-corrected chi connectivity index (χ2v) is 8.01. The molecule has 0 radical (unpaired) electrons. The summed E-state index contributed by atoms with van der Waals surface area (Å²) < 4.78 is 0. The number of amides is 1. The van der Waals surface area contributed by atoms with Gasteiger partial charge in [-0.1, -0.05) is 40.6 Å². The molecule has 0 bridgehead atoms. The minimum absolute atomic E-state index is 0.328. The Kier molecular flexibility index (Phi) is 5.32. The van der Waals surface area contributed by atoms with Gasteiger partial charge in [0, 0.05) is 21.2 Å². The number of aryl methyl sites for hydroxylation is 2. The standard InChI is InChI=1S/C19H17Cl2N3OS/c1-9-5-10(2)12(4)16(11(9)3)18-23-24-19(26-18)22-17(25)13-6-14(20)8-15(21)7-13/h5-8H,1-4H3,(H,22,24,25). The summed E-state index contributed by atoms with van der Waals surface area (Å²) in [5.41, 5.74) is 6.20. The van der Waals surface area contributed by atoms with Crippen LogP contribution in [0.3, 0.4) is 0 Å². The van der Waals surface area contributed by atoms with E-state index in [1.807, 2.05) is 0 Å². The van der Waals surface area contributed by atoms with Crippen LogP contribution in [-0.2, 0) is 0 Å². The molecule has 0 spiro atoms. The fraction of sp³-hybridized carbons (Fsp3) is 0.211. The predicted octanol–water partition coefficient (Wildman–Crippen LogP) is 6.00. The van der Waals surface area contributed by atoms with E-state index < -0.39 is 0 Å². The highest BCUT2D eigenvalue weighted by molar-refractivity contribution is 7.18. The maximum absolute atomic E-state index is 12.4. The smallest absolute Gasteiger partial charge is 0.257 e. The SMILES string of the molecule is Cc1cc(C)c(C)c(-c2nnc(NC(=O)c3cc(Cl)cc(Cl)c3)s2)c1C. The number of anilines is 1. The Labute approximate surface area is 166 Å². The second-order valence-electron chi connectivity index (χ2n) is 6.16. The number of benzene rings is 2. The molecular weight excluding hydrogens is 389 g/mol. The van der Waals surface area contributed by atoms with Gasteiger partial charge in [0.1, 0.15) is 5.01 Å². The fourth-order valence-electron chi connectivity index (χ4n) is 2.77. The van der Waals surface area contributed by atoms with Crippen LogP contribution in [0.15, 0.2) is 24.3 Å². The van der Waals surface area contributed by atoms with Crippen LogP contribution in [0.1, 0.15) is 32.6 Å². The molecule has 0 aliphatic heterocycles. The maximum atomic E-state index is 12.4. The van der Waals surface area contributed by atoms with Crippen LogP contribution >= 0.6 is 34.5 Å². The first-order valence-electron chi connectivity index (χ1n) is 7.95. The van der Waals surface area contributed by atoms with Gasteiger partial charge < -0.3 is 0 Å². The Morgan fingerprint density at radius 3 is 2.08 bits per heavy atom. The van der Waals surface area contributed by atoms with Crippen LogP contribution in [0.2, 0.25) is 10.0 Å². The molecule has 0 unspecified atom stereocenters. The van der Waals surface area contributed by atoms with E-state index in [4.69, 9.17) is 23.2 Å². The molecule has 0 saturated heterocycles. The maximum Gasteiger partial charge on any atom is 0.257 e. The number of hydrogen-bond acceptors (Lipinski definition) is 4. The molecule has 0 fully saturated rings. The Balaban J connectivity index is 1.91. The van der Waals surface area contributed by atoms with Crippen molar-refractivity contribution in [1.82, 2.24) is 10.2 Å². The molecular formula is C19H17Cl2N3OS. The summed E-state index contributed by atoms with van der Waals surface area (Å²) in [5.74, 6) is -0.328. The van der Waals surface area contributed by atoms with Crippen molar-refractivity contribution in [2.75, 3.05) is 5.32 Å². The van der Waals surface area contributed by atoms with E-state index in [0.29, 0.717) is 20.7 Å². The Morgan fingerprint density at radius 2 is 1.50 bits per heavy atom. The van der Waals surface area contributed by atoms with E-state index in [-0.39, 0.29) is 5.91 Å². The summed E-state index contributed by atoms with van der Waals surface area (Å²) in [4.78, 5) is 12.4. The van der Waals surface area contributed by atoms with E-state index >= 15 is 0 Å². The molecule has 1 amide bonds. The van der Waals surface area contributed by atoms with E-state index in [1.165, 1.54) is 33.6 Å². The first kappa shape index (κ1) is 18.8. The van der Waals surface area contributed by atoms with Crippen LogP contribution in [0.5, 0.6) is 0 Å². The van der Waals surface area contributed by atoms with Crippen molar-refractivity contribution < 1.29 is 4.79 Å². The summed E-state index contributed by atoms with van der Waals surface area (Å²) in [5, 5.41) is 13.2. The first-order chi connectivity index (χ1) is 12.3. The summed E-state index contributed by atoms with van der Waals surface area (Å²) in [6, 6.07) is 6.86. The van der Waals surface area contributed by atoms with Crippen molar-refractivity contribution in [3.63, 3.8) is 0 Å². The highest BCUT2D eigenvalue weighted by atomic mass is 35.5. The number of hydrogen-bond donors (Lipinski definition) is 1. The monoisotopic (exact) mass is 405 g/mol. The molecule has 134 valence electrons. The van der Waals surface area contributed by atoms with Gasteiger partial charge in [-0.25, -0.2) is 0 Å². The first-order valence-corrected chi connectivity index (χ1v) is 9.52. The van der Waals surface area contributed by atoms with Crippen LogP contribution in [0, 0.1) is 27.7 Å². The van der Waals surface area contributed by atoms with Gasteiger partial charge in [-0.3, -0.25) is 10.1 Å². The van der Waals surface area contributed by atoms with Gasteiger partial charge in [0.2, 0.25) is 5.13 Å². The molecule has 0 saturated carbocycles. The van der Waals surface area contributed by atoms with E-state index in [0.717, 1.165) is 10.6 Å². The highest BCUT2D eigenvalue weighted by Crippen LogP contribution is 2.34. The molecule has 4 nitrogen and oxygen atoms in total. The van der Waals surface area contributed by atoms with Crippen molar-refractivity contribution in [1.29, 1.82) is 0 Å². The topological polar surface area (TPSA) is 54.9 Å². The predicted molar refractivity (Wildman–Crippen MR) is 109 cm³/mol. The minimum Gasteiger partial charge on any atom is -0.296 e. The summed E-state index contributed by atoms with van der Waals surface area (Å²) in [7, 11) is 0. The van der Waals surface area contributed by atoms with Gasteiger partial charge in [0.05, 0.1) is 0 Å². The third kappa shape index (κ3) is 3.75. The van der Waals surface area contributed by atoms with Gasteiger partial charge in [0.15, 0.2) is 0 Å². The lowest BCUT2D eigenvalue weighted by molar-refractivity contribution is 0.102. The molecule has 26 heavy (non-hydrogen) atoms. The molecule has 1 aromatic heterocycles. The second kappa shape index (κ2) is 7.35. The number of halogens is 2. The van der Waals surface area contributed by atoms with E-state index in [9.17, 15) is 4.79 Å². The van der Waals surface area contributed by atoms with Crippen molar-refractivity contribution in [2.24, 2.45) is 0 Å². The fourth-order valence-corrected chi connectivity index (χ4v) is 4.19. The zero-order chi connectivity index (χ0) is 19.0. The summed E-state index contributed by atoms with van der Waals surface area (Å²) in [6.07, 6.45) is 0. The number of rotatable bonds is 3. The molecule has 3 aromatic rings. The highest BCUT2D eigenvalue weighted by Gasteiger charge is 2.17. The average molecular weight is 406 g/mol. The molecule has 1 N–H and O–H groups in total. The normalized spacial score (nSPS) is 10.8. The molecule has 0 aliphatic carbocycles. The van der Waals surface area contributed by atoms with Crippen LogP contribution in [-0.4, -0.2) is 16.1 Å². The lowest BCUT2D eigenvalue weighted by atomic mass is 9.95. The quantitative estimate of drug-likeness (QED) is 0.581. The Bertz CT molecular complexity index is 968. The third-order valence-corrected chi connectivity index (χ3v) is 5.64. The van der Waals surface area contributed by atoms with Gasteiger partial charge in [-0.2, -0.15) is 0 Å². The molecule has 0 atom stereocenters. The Morgan fingerprint density at radius 1 is 0.923 bits per heavy atom. The number of nitrogens with one attached hydrogen (secondary N) is 1. The Hall–Kier alpha value is -1.95. The van der Waals surface area contributed by atoms with Gasteiger partial charge in [-0.15, -0.1) is 10.2 Å². The number of carbonyl (C=O) groups is 1. The zero-order valence-electron chi connectivity index (χ0n) is 14.8. The van der Waals surface area contributed by atoms with E-state index in [1.54, 1.807) is 18.2 Å². The van der Waals surface area contributed by atoms with Crippen LogP contribution < -0.4 is 5.32 Å². The number of carbonyl (C=O) groups excluding carboxylic acids is 1. The van der Waals surface area contributed by atoms with Crippen LogP contribution in [0.4, 0.5) is 5.13 Å². The lowest BCUT2D eigenvalue weighted by Crippen LogP contribution is -2.11. The molecule has 0 aliphatic rings. The van der Waals surface area contributed by atoms with Gasteiger partial charge in [-0.05, 0) is 68.1 Å². The largest absolute Gasteiger partial charge is 0.296 e.